The zero-order valence-electron chi connectivity index (χ0n) is 7.27. The predicted octanol–water partition coefficient (Wildman–Crippen LogP) is 1.52. The number of thiophene rings is 1. The fraction of sp³-hybridized carbons (Fsp3) is 0.111. The Labute approximate surface area is 87.5 Å². The van der Waals surface area contributed by atoms with E-state index in [1.54, 1.807) is 11.3 Å². The maximum absolute atomic E-state index is 10.3. The Morgan fingerprint density at radius 3 is 2.79 bits per heavy atom. The van der Waals surface area contributed by atoms with Gasteiger partial charge >= 0.3 is 0 Å². The molecule has 0 aliphatic carbocycles. The summed E-state index contributed by atoms with van der Waals surface area (Å²) in [6.45, 7) is 0.387. The minimum atomic E-state index is -2.50. The number of nitrogens with one attached hydrogen (secondary N) is 1. The van der Waals surface area contributed by atoms with E-state index in [0.29, 0.717) is 6.54 Å². The molecule has 0 atom stereocenters. The van der Waals surface area contributed by atoms with E-state index in [-0.39, 0.29) is 0 Å². The molecule has 0 aliphatic rings. The second-order valence-electron chi connectivity index (χ2n) is 2.84. The van der Waals surface area contributed by atoms with Gasteiger partial charge in [0.05, 0.1) is 0 Å². The maximum Gasteiger partial charge on any atom is 0.201 e. The highest BCUT2D eigenvalue weighted by Crippen LogP contribution is 2.24. The van der Waals surface area contributed by atoms with E-state index in [4.69, 9.17) is 0 Å². The molecule has 0 unspecified atom stereocenters. The van der Waals surface area contributed by atoms with Crippen LogP contribution in [0.1, 0.15) is 4.88 Å². The molecule has 1 N–H and O–H groups in total. The van der Waals surface area contributed by atoms with Crippen LogP contribution >= 0.6 is 11.3 Å². The molecular formula is C9H9NO2S2. The summed E-state index contributed by atoms with van der Waals surface area (Å²) < 4.78 is 24.2. The fourth-order valence-electron chi connectivity index (χ4n) is 1.27. The van der Waals surface area contributed by atoms with Gasteiger partial charge in [0.15, 0.2) is 0 Å². The molecule has 0 radical (unpaired) electrons. The lowest BCUT2D eigenvalue weighted by Crippen LogP contribution is -2.08. The molecule has 5 heteroatoms. The number of rotatable bonds is 3. The molecule has 0 saturated carbocycles. The molecule has 0 fully saturated rings. The van der Waals surface area contributed by atoms with Gasteiger partial charge in [-0.1, -0.05) is 18.2 Å². The Morgan fingerprint density at radius 2 is 2.07 bits per heavy atom. The van der Waals surface area contributed by atoms with Crippen molar-refractivity contribution in [3.63, 3.8) is 0 Å². The summed E-state index contributed by atoms with van der Waals surface area (Å²) in [6.07, 6.45) is 0. The molecule has 3 nitrogen and oxygen atoms in total. The van der Waals surface area contributed by atoms with E-state index in [2.05, 4.69) is 4.72 Å². The SMILES string of the molecule is O=[SH](=O)NCc1cc2ccccc2s1. The lowest BCUT2D eigenvalue weighted by Gasteiger charge is -1.90. The van der Waals surface area contributed by atoms with Crippen molar-refractivity contribution >= 4 is 32.3 Å². The minimum Gasteiger partial charge on any atom is -0.216 e. The molecule has 14 heavy (non-hydrogen) atoms. The van der Waals surface area contributed by atoms with Gasteiger partial charge in [-0.15, -0.1) is 11.3 Å². The summed E-state index contributed by atoms with van der Waals surface area (Å²) in [5.41, 5.74) is 0. The Kier molecular flexibility index (Phi) is 2.81. The van der Waals surface area contributed by atoms with Gasteiger partial charge in [-0.3, -0.25) is 0 Å². The van der Waals surface area contributed by atoms with Crippen molar-refractivity contribution < 1.29 is 8.42 Å². The minimum absolute atomic E-state index is 0.387. The molecule has 1 aromatic heterocycles. The highest BCUT2D eigenvalue weighted by atomic mass is 32.2. The lowest BCUT2D eigenvalue weighted by atomic mass is 10.2. The molecule has 0 amide bonds. The average molecular weight is 227 g/mol. The molecule has 0 aliphatic heterocycles. The number of thiol groups is 1. The fourth-order valence-corrected chi connectivity index (χ4v) is 2.68. The first-order valence-electron chi connectivity index (χ1n) is 4.11. The lowest BCUT2D eigenvalue weighted by molar-refractivity contribution is 0.602. The van der Waals surface area contributed by atoms with Crippen LogP contribution in [-0.2, 0) is 17.4 Å². The molecule has 0 bridgehead atoms. The van der Waals surface area contributed by atoms with Gasteiger partial charge < -0.3 is 0 Å². The van der Waals surface area contributed by atoms with E-state index in [9.17, 15) is 8.42 Å². The number of fused-ring (bicyclic) bond motifs is 1. The third-order valence-corrected chi connectivity index (χ3v) is 3.39. The third kappa shape index (κ3) is 2.12. The van der Waals surface area contributed by atoms with Crippen LogP contribution in [0.2, 0.25) is 0 Å². The molecular weight excluding hydrogens is 218 g/mol. The van der Waals surface area contributed by atoms with Crippen molar-refractivity contribution in [2.75, 3.05) is 0 Å². The van der Waals surface area contributed by atoms with Crippen molar-refractivity contribution in [1.29, 1.82) is 0 Å². The molecule has 2 aromatic rings. The molecule has 1 aromatic carbocycles. The van der Waals surface area contributed by atoms with E-state index in [0.717, 1.165) is 10.3 Å². The van der Waals surface area contributed by atoms with E-state index >= 15 is 0 Å². The van der Waals surface area contributed by atoms with Crippen molar-refractivity contribution in [3.8, 4) is 0 Å². The van der Waals surface area contributed by atoms with E-state index in [1.807, 2.05) is 30.3 Å². The van der Waals surface area contributed by atoms with Crippen LogP contribution in [0.3, 0.4) is 0 Å². The van der Waals surface area contributed by atoms with Gasteiger partial charge in [0, 0.05) is 16.1 Å². The number of hydrogen-bond donors (Lipinski definition) is 2. The van der Waals surface area contributed by atoms with E-state index < -0.39 is 10.9 Å². The average Bonchev–Trinajstić information content (AvgIpc) is 2.57. The highest BCUT2D eigenvalue weighted by Gasteiger charge is 2.00. The maximum atomic E-state index is 10.3. The van der Waals surface area contributed by atoms with Crippen LogP contribution in [0.5, 0.6) is 0 Å². The van der Waals surface area contributed by atoms with Gasteiger partial charge in [-0.05, 0) is 17.5 Å². The Bertz CT molecular complexity index is 475. The first-order valence-corrected chi connectivity index (χ1v) is 6.10. The monoisotopic (exact) mass is 227 g/mol. The van der Waals surface area contributed by atoms with Gasteiger partial charge in [-0.25, -0.2) is 13.1 Å². The van der Waals surface area contributed by atoms with Crippen LogP contribution < -0.4 is 4.72 Å². The van der Waals surface area contributed by atoms with E-state index in [1.165, 1.54) is 4.70 Å². The quantitative estimate of drug-likeness (QED) is 0.781. The van der Waals surface area contributed by atoms with Crippen molar-refractivity contribution in [3.05, 3.63) is 35.2 Å². The predicted molar refractivity (Wildman–Crippen MR) is 59.0 cm³/mol. The van der Waals surface area contributed by atoms with Crippen molar-refractivity contribution in [1.82, 2.24) is 4.72 Å². The van der Waals surface area contributed by atoms with Gasteiger partial charge in [0.2, 0.25) is 10.9 Å². The van der Waals surface area contributed by atoms with Gasteiger partial charge in [-0.2, -0.15) is 0 Å². The second kappa shape index (κ2) is 4.08. The van der Waals surface area contributed by atoms with Crippen molar-refractivity contribution in [2.45, 2.75) is 6.54 Å². The zero-order valence-corrected chi connectivity index (χ0v) is 8.98. The molecule has 1 heterocycles. The topological polar surface area (TPSA) is 46.2 Å². The summed E-state index contributed by atoms with van der Waals surface area (Å²) >= 11 is 1.61. The normalized spacial score (nSPS) is 11.2. The molecule has 0 saturated heterocycles. The first-order chi connectivity index (χ1) is 6.75. The Hall–Kier alpha value is -0.910. The van der Waals surface area contributed by atoms with Gasteiger partial charge in [0.1, 0.15) is 0 Å². The first kappa shape index (κ1) is 9.64. The summed E-state index contributed by atoms with van der Waals surface area (Å²) in [7, 11) is -2.50. The molecule has 2 rings (SSSR count). The van der Waals surface area contributed by atoms with Crippen LogP contribution in [0.15, 0.2) is 30.3 Å². The smallest absolute Gasteiger partial charge is 0.201 e. The summed E-state index contributed by atoms with van der Waals surface area (Å²) in [6, 6.07) is 10.0. The highest BCUT2D eigenvalue weighted by molar-refractivity contribution is 7.70. The summed E-state index contributed by atoms with van der Waals surface area (Å²) in [5, 5.41) is 1.16. The Morgan fingerprint density at radius 1 is 1.29 bits per heavy atom. The summed E-state index contributed by atoms with van der Waals surface area (Å²) in [4.78, 5) is 1.03. The number of benzene rings is 1. The summed E-state index contributed by atoms with van der Waals surface area (Å²) in [5.74, 6) is 0. The Balaban J connectivity index is 2.27. The molecule has 0 spiro atoms. The largest absolute Gasteiger partial charge is 0.216 e. The van der Waals surface area contributed by atoms with Crippen LogP contribution in [-0.4, -0.2) is 8.42 Å². The zero-order chi connectivity index (χ0) is 9.97. The second-order valence-corrected chi connectivity index (χ2v) is 4.84. The van der Waals surface area contributed by atoms with Crippen LogP contribution in [0.25, 0.3) is 10.1 Å². The standard InChI is InChI=1S/C9H9NO2S2/c11-14(12)10-6-8-5-7-3-1-2-4-9(7)13-8/h1-5,14H,6H2,(H,10,11,12). The number of hydrogen-bond acceptors (Lipinski definition) is 3. The van der Waals surface area contributed by atoms with Crippen molar-refractivity contribution in [2.24, 2.45) is 0 Å². The van der Waals surface area contributed by atoms with Crippen LogP contribution in [0, 0.1) is 0 Å². The molecule has 74 valence electrons. The van der Waals surface area contributed by atoms with Gasteiger partial charge in [0.25, 0.3) is 0 Å². The third-order valence-electron chi connectivity index (χ3n) is 1.86. The van der Waals surface area contributed by atoms with Crippen LogP contribution in [0.4, 0.5) is 0 Å².